The maximum atomic E-state index is 11.8. The van der Waals surface area contributed by atoms with Crippen LogP contribution in [0, 0.1) is 0 Å². The highest BCUT2D eigenvalue weighted by Crippen LogP contribution is 2.03. The van der Waals surface area contributed by atoms with E-state index >= 15 is 0 Å². The number of rotatable bonds is 10. The predicted octanol–water partition coefficient (Wildman–Crippen LogP) is 1.47. The first-order chi connectivity index (χ1) is 9.02. The standard InChI is InChI=1S/C13H24N2O4/c1-4-6-8-19-9-7-14-13(18)15(10-12(16)17)11(3)5-2/h4,11H,1,5-10H2,2-3H3,(H,14,18)(H,16,17). The zero-order valence-electron chi connectivity index (χ0n) is 11.7. The van der Waals surface area contributed by atoms with Crippen LogP contribution in [-0.4, -0.2) is 54.4 Å². The van der Waals surface area contributed by atoms with Gasteiger partial charge in [0.2, 0.25) is 0 Å². The Kier molecular flexibility index (Phi) is 9.52. The van der Waals surface area contributed by atoms with Gasteiger partial charge in [-0.2, -0.15) is 0 Å². The van der Waals surface area contributed by atoms with Gasteiger partial charge >= 0.3 is 12.0 Å². The summed E-state index contributed by atoms with van der Waals surface area (Å²) in [6.07, 6.45) is 3.23. The topological polar surface area (TPSA) is 78.9 Å². The Balaban J connectivity index is 4.03. The molecule has 19 heavy (non-hydrogen) atoms. The molecule has 110 valence electrons. The highest BCUT2D eigenvalue weighted by molar-refractivity contribution is 5.80. The molecule has 1 unspecified atom stereocenters. The van der Waals surface area contributed by atoms with E-state index in [-0.39, 0.29) is 18.6 Å². The Hall–Kier alpha value is -1.56. The Morgan fingerprint density at radius 2 is 2.16 bits per heavy atom. The molecule has 0 heterocycles. The average Bonchev–Trinajstić information content (AvgIpc) is 2.38. The van der Waals surface area contributed by atoms with Crippen LogP contribution in [0.1, 0.15) is 26.7 Å². The molecule has 2 amide bonds. The van der Waals surface area contributed by atoms with E-state index in [2.05, 4.69) is 11.9 Å². The molecule has 0 bridgehead atoms. The third-order valence-corrected chi connectivity index (χ3v) is 2.68. The van der Waals surface area contributed by atoms with Crippen molar-refractivity contribution in [3.8, 4) is 0 Å². The minimum absolute atomic E-state index is 0.113. The van der Waals surface area contributed by atoms with Gasteiger partial charge in [0.25, 0.3) is 0 Å². The fraction of sp³-hybridized carbons (Fsp3) is 0.692. The van der Waals surface area contributed by atoms with E-state index in [1.54, 1.807) is 6.08 Å². The molecule has 0 aliphatic heterocycles. The lowest BCUT2D eigenvalue weighted by molar-refractivity contribution is -0.138. The van der Waals surface area contributed by atoms with Crippen molar-refractivity contribution in [1.82, 2.24) is 10.2 Å². The van der Waals surface area contributed by atoms with Gasteiger partial charge in [0.15, 0.2) is 0 Å². The summed E-state index contributed by atoms with van der Waals surface area (Å²) < 4.78 is 5.25. The number of nitrogens with one attached hydrogen (secondary N) is 1. The number of carbonyl (C=O) groups is 2. The fourth-order valence-corrected chi connectivity index (χ4v) is 1.39. The summed E-state index contributed by atoms with van der Waals surface area (Å²) in [6, 6.07) is -0.484. The largest absolute Gasteiger partial charge is 0.480 e. The first kappa shape index (κ1) is 17.4. The monoisotopic (exact) mass is 272 g/mol. The molecule has 0 aromatic rings. The molecule has 0 radical (unpaired) electrons. The number of nitrogens with zero attached hydrogens (tertiary/aromatic N) is 1. The van der Waals surface area contributed by atoms with Gasteiger partial charge in [0.1, 0.15) is 6.54 Å². The van der Waals surface area contributed by atoms with Crippen molar-refractivity contribution in [2.75, 3.05) is 26.3 Å². The maximum Gasteiger partial charge on any atom is 0.323 e. The third kappa shape index (κ3) is 8.20. The van der Waals surface area contributed by atoms with Gasteiger partial charge in [-0.25, -0.2) is 4.79 Å². The number of ether oxygens (including phenoxy) is 1. The molecule has 0 aromatic heterocycles. The summed E-state index contributed by atoms with van der Waals surface area (Å²) in [5.41, 5.74) is 0. The molecule has 0 rings (SSSR count). The van der Waals surface area contributed by atoms with E-state index in [1.165, 1.54) is 4.90 Å². The molecule has 0 spiro atoms. The number of carboxylic acid groups (broad SMARTS) is 1. The Morgan fingerprint density at radius 1 is 1.47 bits per heavy atom. The molecule has 6 nitrogen and oxygen atoms in total. The van der Waals surface area contributed by atoms with Crippen molar-refractivity contribution < 1.29 is 19.4 Å². The van der Waals surface area contributed by atoms with Crippen LogP contribution in [0.25, 0.3) is 0 Å². The zero-order chi connectivity index (χ0) is 14.7. The maximum absolute atomic E-state index is 11.8. The average molecular weight is 272 g/mol. The summed E-state index contributed by atoms with van der Waals surface area (Å²) in [7, 11) is 0. The van der Waals surface area contributed by atoms with E-state index in [9.17, 15) is 9.59 Å². The van der Waals surface area contributed by atoms with Gasteiger partial charge in [-0.3, -0.25) is 4.79 Å². The number of carboxylic acids is 1. The molecule has 0 fully saturated rings. The van der Waals surface area contributed by atoms with Crippen LogP contribution in [0.4, 0.5) is 4.79 Å². The first-order valence-electron chi connectivity index (χ1n) is 6.47. The van der Waals surface area contributed by atoms with Gasteiger partial charge in [-0.1, -0.05) is 13.0 Å². The van der Waals surface area contributed by atoms with Crippen molar-refractivity contribution in [3.05, 3.63) is 12.7 Å². The van der Waals surface area contributed by atoms with Gasteiger partial charge in [0.05, 0.1) is 13.2 Å². The van der Waals surface area contributed by atoms with Gasteiger partial charge in [0, 0.05) is 12.6 Å². The predicted molar refractivity (Wildman–Crippen MR) is 73.1 cm³/mol. The van der Waals surface area contributed by atoms with Gasteiger partial charge in [-0.05, 0) is 19.8 Å². The molecular formula is C13H24N2O4. The molecule has 2 N–H and O–H groups in total. The lowest BCUT2D eigenvalue weighted by atomic mass is 10.2. The van der Waals surface area contributed by atoms with Crippen LogP contribution < -0.4 is 5.32 Å². The van der Waals surface area contributed by atoms with E-state index in [1.807, 2.05) is 13.8 Å². The minimum atomic E-state index is -1.02. The number of hydrogen-bond donors (Lipinski definition) is 2. The number of aliphatic carboxylic acids is 1. The zero-order valence-corrected chi connectivity index (χ0v) is 11.7. The summed E-state index contributed by atoms with van der Waals surface area (Å²) in [6.45, 7) is 8.35. The lowest BCUT2D eigenvalue weighted by Gasteiger charge is -2.27. The van der Waals surface area contributed by atoms with E-state index in [0.29, 0.717) is 26.2 Å². The summed E-state index contributed by atoms with van der Waals surface area (Å²) in [4.78, 5) is 23.9. The van der Waals surface area contributed by atoms with Crippen LogP contribution in [0.3, 0.4) is 0 Å². The smallest absolute Gasteiger partial charge is 0.323 e. The molecule has 0 aliphatic rings. The second-order valence-electron chi connectivity index (χ2n) is 4.20. The minimum Gasteiger partial charge on any atom is -0.480 e. The van der Waals surface area contributed by atoms with Crippen molar-refractivity contribution in [3.63, 3.8) is 0 Å². The Morgan fingerprint density at radius 3 is 2.68 bits per heavy atom. The molecule has 0 saturated heterocycles. The number of amides is 2. The van der Waals surface area contributed by atoms with Gasteiger partial charge < -0.3 is 20.1 Å². The molecular weight excluding hydrogens is 248 g/mol. The Labute approximate surface area is 114 Å². The Bertz CT molecular complexity index is 294. The van der Waals surface area contributed by atoms with Crippen LogP contribution in [0.5, 0.6) is 0 Å². The molecule has 0 saturated carbocycles. The normalized spacial score (nSPS) is 11.7. The first-order valence-corrected chi connectivity index (χ1v) is 6.47. The molecule has 0 aromatic carbocycles. The highest BCUT2D eigenvalue weighted by Gasteiger charge is 2.20. The van der Waals surface area contributed by atoms with Crippen LogP contribution in [0.2, 0.25) is 0 Å². The second kappa shape index (κ2) is 10.4. The highest BCUT2D eigenvalue weighted by atomic mass is 16.5. The summed E-state index contributed by atoms with van der Waals surface area (Å²) >= 11 is 0. The summed E-state index contributed by atoms with van der Waals surface area (Å²) in [5, 5.41) is 11.4. The lowest BCUT2D eigenvalue weighted by Crippen LogP contribution is -2.48. The fourth-order valence-electron chi connectivity index (χ4n) is 1.39. The SMILES string of the molecule is C=CCCOCCNC(=O)N(CC(=O)O)C(C)CC. The number of hydrogen-bond acceptors (Lipinski definition) is 3. The quantitative estimate of drug-likeness (QED) is 0.466. The van der Waals surface area contributed by atoms with Crippen LogP contribution in [-0.2, 0) is 9.53 Å². The van der Waals surface area contributed by atoms with Crippen LogP contribution >= 0.6 is 0 Å². The van der Waals surface area contributed by atoms with Crippen molar-refractivity contribution in [1.29, 1.82) is 0 Å². The summed E-state index contributed by atoms with van der Waals surface area (Å²) in [5.74, 6) is -1.02. The van der Waals surface area contributed by atoms with Crippen molar-refractivity contribution >= 4 is 12.0 Å². The molecule has 0 aliphatic carbocycles. The van der Waals surface area contributed by atoms with E-state index in [0.717, 1.165) is 6.42 Å². The van der Waals surface area contributed by atoms with Crippen LogP contribution in [0.15, 0.2) is 12.7 Å². The van der Waals surface area contributed by atoms with Gasteiger partial charge in [-0.15, -0.1) is 6.58 Å². The number of urea groups is 1. The van der Waals surface area contributed by atoms with Crippen molar-refractivity contribution in [2.24, 2.45) is 0 Å². The third-order valence-electron chi connectivity index (χ3n) is 2.68. The van der Waals surface area contributed by atoms with Crippen molar-refractivity contribution in [2.45, 2.75) is 32.7 Å². The molecule has 6 heteroatoms. The van der Waals surface area contributed by atoms with E-state index < -0.39 is 5.97 Å². The molecule has 1 atom stereocenters. The second-order valence-corrected chi connectivity index (χ2v) is 4.20. The number of carbonyl (C=O) groups excluding carboxylic acids is 1. The van der Waals surface area contributed by atoms with E-state index in [4.69, 9.17) is 9.84 Å².